The lowest BCUT2D eigenvalue weighted by Crippen LogP contribution is -2.11. The van der Waals surface area contributed by atoms with E-state index in [1.807, 2.05) is 35.7 Å². The van der Waals surface area contributed by atoms with Crippen molar-refractivity contribution in [3.8, 4) is 5.75 Å². The average Bonchev–Trinajstić information content (AvgIpc) is 3.40. The Morgan fingerprint density at radius 1 is 1.17 bits per heavy atom. The van der Waals surface area contributed by atoms with E-state index >= 15 is 0 Å². The molecule has 0 spiro atoms. The van der Waals surface area contributed by atoms with E-state index in [4.69, 9.17) is 16.3 Å². The zero-order valence-corrected chi connectivity index (χ0v) is 17.3. The van der Waals surface area contributed by atoms with Crippen LogP contribution in [-0.4, -0.2) is 15.7 Å². The zero-order valence-electron chi connectivity index (χ0n) is 15.7. The number of amides is 1. The lowest BCUT2D eigenvalue weighted by Gasteiger charge is -2.06. The summed E-state index contributed by atoms with van der Waals surface area (Å²) in [5.41, 5.74) is 1.26. The standard InChI is InChI=1S/C22H17ClFN3O2S/c23-18-7-4-8-19(24)17(18)12-27-10-9-21(26-27)25-22(28)20-11-15(14-30-20)13-29-16-5-2-1-3-6-16/h1-11,14H,12-13H2,(H,25,26,28). The molecule has 0 saturated carbocycles. The van der Waals surface area contributed by atoms with Gasteiger partial charge in [0.2, 0.25) is 0 Å². The van der Waals surface area contributed by atoms with Crippen molar-refractivity contribution < 1.29 is 13.9 Å². The number of anilines is 1. The highest BCUT2D eigenvalue weighted by molar-refractivity contribution is 7.12. The van der Waals surface area contributed by atoms with Gasteiger partial charge in [0.25, 0.3) is 5.91 Å². The van der Waals surface area contributed by atoms with Gasteiger partial charge in [0.05, 0.1) is 11.4 Å². The normalized spacial score (nSPS) is 10.7. The largest absolute Gasteiger partial charge is 0.489 e. The second-order valence-corrected chi connectivity index (χ2v) is 7.79. The number of benzene rings is 2. The fraction of sp³-hybridized carbons (Fsp3) is 0.0909. The van der Waals surface area contributed by atoms with Crippen LogP contribution in [-0.2, 0) is 13.2 Å². The van der Waals surface area contributed by atoms with Crippen molar-refractivity contribution >= 4 is 34.7 Å². The summed E-state index contributed by atoms with van der Waals surface area (Å²) in [4.78, 5) is 13.1. The van der Waals surface area contributed by atoms with Gasteiger partial charge in [-0.05, 0) is 35.7 Å². The lowest BCUT2D eigenvalue weighted by atomic mass is 10.2. The number of carbonyl (C=O) groups excluding carboxylic acids is 1. The molecule has 0 aliphatic rings. The summed E-state index contributed by atoms with van der Waals surface area (Å²) in [6.07, 6.45) is 1.66. The van der Waals surface area contributed by atoms with E-state index in [0.717, 1.165) is 11.3 Å². The van der Waals surface area contributed by atoms with Gasteiger partial charge in [-0.25, -0.2) is 4.39 Å². The van der Waals surface area contributed by atoms with Crippen LogP contribution in [0.3, 0.4) is 0 Å². The summed E-state index contributed by atoms with van der Waals surface area (Å²) < 4.78 is 21.2. The minimum absolute atomic E-state index is 0.168. The molecule has 1 amide bonds. The van der Waals surface area contributed by atoms with Gasteiger partial charge in [0, 0.05) is 28.4 Å². The predicted octanol–water partition coefficient (Wildman–Crippen LogP) is 5.62. The quantitative estimate of drug-likeness (QED) is 0.405. The van der Waals surface area contributed by atoms with Crippen LogP contribution in [0.25, 0.3) is 0 Å². The number of hydrogen-bond acceptors (Lipinski definition) is 4. The Labute approximate surface area is 181 Å². The average molecular weight is 442 g/mol. The molecule has 152 valence electrons. The summed E-state index contributed by atoms with van der Waals surface area (Å²) in [7, 11) is 0. The molecule has 0 aliphatic heterocycles. The van der Waals surface area contributed by atoms with E-state index in [1.165, 1.54) is 22.1 Å². The van der Waals surface area contributed by atoms with Gasteiger partial charge >= 0.3 is 0 Å². The minimum atomic E-state index is -0.396. The van der Waals surface area contributed by atoms with Gasteiger partial charge < -0.3 is 10.1 Å². The van der Waals surface area contributed by atoms with Crippen LogP contribution in [0.15, 0.2) is 72.2 Å². The smallest absolute Gasteiger partial charge is 0.266 e. The third-order valence-electron chi connectivity index (χ3n) is 4.29. The first kappa shape index (κ1) is 20.1. The molecule has 2 heterocycles. The van der Waals surface area contributed by atoms with Crippen molar-refractivity contribution in [3.05, 3.63) is 99.1 Å². The molecule has 4 rings (SSSR count). The van der Waals surface area contributed by atoms with Gasteiger partial charge in [-0.1, -0.05) is 35.9 Å². The number of nitrogens with zero attached hydrogens (tertiary/aromatic N) is 2. The van der Waals surface area contributed by atoms with Crippen LogP contribution < -0.4 is 10.1 Å². The van der Waals surface area contributed by atoms with Crippen LogP contribution in [0.4, 0.5) is 10.2 Å². The highest BCUT2D eigenvalue weighted by Gasteiger charge is 2.13. The summed E-state index contributed by atoms with van der Waals surface area (Å²) >= 11 is 7.39. The Morgan fingerprint density at radius 2 is 2.00 bits per heavy atom. The van der Waals surface area contributed by atoms with Crippen LogP contribution in [0.5, 0.6) is 5.75 Å². The monoisotopic (exact) mass is 441 g/mol. The Hall–Kier alpha value is -3.16. The third-order valence-corrected chi connectivity index (χ3v) is 5.62. The minimum Gasteiger partial charge on any atom is -0.489 e. The van der Waals surface area contributed by atoms with Crippen LogP contribution in [0, 0.1) is 5.82 Å². The molecule has 30 heavy (non-hydrogen) atoms. The molecule has 0 aliphatic carbocycles. The van der Waals surface area contributed by atoms with Crippen molar-refractivity contribution in [2.75, 3.05) is 5.32 Å². The summed E-state index contributed by atoms with van der Waals surface area (Å²) in [5, 5.41) is 9.25. The molecular weight excluding hydrogens is 425 g/mol. The summed E-state index contributed by atoms with van der Waals surface area (Å²) in [6.45, 7) is 0.549. The van der Waals surface area contributed by atoms with E-state index in [0.29, 0.717) is 27.9 Å². The van der Waals surface area contributed by atoms with Gasteiger partial charge in [0.15, 0.2) is 5.82 Å². The molecule has 0 bridgehead atoms. The maximum absolute atomic E-state index is 13.9. The molecule has 8 heteroatoms. The van der Waals surface area contributed by atoms with E-state index in [2.05, 4.69) is 10.4 Å². The highest BCUT2D eigenvalue weighted by atomic mass is 35.5. The highest BCUT2D eigenvalue weighted by Crippen LogP contribution is 2.21. The van der Waals surface area contributed by atoms with Crippen molar-refractivity contribution in [2.45, 2.75) is 13.2 Å². The Kier molecular flexibility index (Phi) is 6.11. The second-order valence-electron chi connectivity index (χ2n) is 6.47. The molecule has 1 N–H and O–H groups in total. The van der Waals surface area contributed by atoms with Gasteiger partial charge in [-0.15, -0.1) is 11.3 Å². The molecular formula is C22H17ClFN3O2S. The first-order valence-corrected chi connectivity index (χ1v) is 10.4. The van der Waals surface area contributed by atoms with Gasteiger partial charge in [-0.3, -0.25) is 9.48 Å². The third kappa shape index (κ3) is 4.87. The van der Waals surface area contributed by atoms with Gasteiger partial charge in [0.1, 0.15) is 18.2 Å². The van der Waals surface area contributed by atoms with E-state index in [-0.39, 0.29) is 12.5 Å². The van der Waals surface area contributed by atoms with E-state index < -0.39 is 5.82 Å². The maximum Gasteiger partial charge on any atom is 0.266 e. The molecule has 0 saturated heterocycles. The van der Waals surface area contributed by atoms with Crippen molar-refractivity contribution in [1.82, 2.24) is 9.78 Å². The van der Waals surface area contributed by atoms with Crippen molar-refractivity contribution in [3.63, 3.8) is 0 Å². The second kappa shape index (κ2) is 9.11. The van der Waals surface area contributed by atoms with Crippen molar-refractivity contribution in [1.29, 1.82) is 0 Å². The number of ether oxygens (including phenoxy) is 1. The molecule has 0 unspecified atom stereocenters. The van der Waals surface area contributed by atoms with Crippen LogP contribution in [0.2, 0.25) is 5.02 Å². The predicted molar refractivity (Wildman–Crippen MR) is 116 cm³/mol. The number of carbonyl (C=O) groups is 1. The number of halogens is 2. The van der Waals surface area contributed by atoms with E-state index in [1.54, 1.807) is 30.5 Å². The Balaban J connectivity index is 1.36. The van der Waals surface area contributed by atoms with Crippen LogP contribution >= 0.6 is 22.9 Å². The fourth-order valence-corrected chi connectivity index (χ4v) is 3.81. The molecule has 2 aromatic heterocycles. The Bertz CT molecular complexity index is 1140. The number of hydrogen-bond donors (Lipinski definition) is 1. The number of para-hydroxylation sites is 1. The van der Waals surface area contributed by atoms with Crippen molar-refractivity contribution in [2.24, 2.45) is 0 Å². The molecule has 0 atom stereocenters. The first-order valence-electron chi connectivity index (χ1n) is 9.11. The maximum atomic E-state index is 13.9. The van der Waals surface area contributed by atoms with E-state index in [9.17, 15) is 9.18 Å². The summed E-state index contributed by atoms with van der Waals surface area (Å²) in [5.74, 6) is 0.491. The molecule has 5 nitrogen and oxygen atoms in total. The first-order chi connectivity index (χ1) is 14.6. The SMILES string of the molecule is O=C(Nc1ccn(Cc2c(F)cccc2Cl)n1)c1cc(COc2ccccc2)cs1. The zero-order chi connectivity index (χ0) is 20.9. The topological polar surface area (TPSA) is 56.2 Å². The lowest BCUT2D eigenvalue weighted by molar-refractivity contribution is 0.103. The number of nitrogens with one attached hydrogen (secondary N) is 1. The fourth-order valence-electron chi connectivity index (χ4n) is 2.79. The number of aromatic nitrogens is 2. The number of rotatable bonds is 7. The molecule has 0 fully saturated rings. The molecule has 4 aromatic rings. The molecule has 0 radical (unpaired) electrons. The Morgan fingerprint density at radius 3 is 2.80 bits per heavy atom. The van der Waals surface area contributed by atoms with Crippen LogP contribution in [0.1, 0.15) is 20.8 Å². The molecule has 2 aromatic carbocycles. The van der Waals surface area contributed by atoms with Gasteiger partial charge in [-0.2, -0.15) is 5.10 Å². The summed E-state index contributed by atoms with van der Waals surface area (Å²) in [6, 6.07) is 17.5. The number of thiophene rings is 1.